The van der Waals surface area contributed by atoms with Crippen molar-refractivity contribution < 1.29 is 4.74 Å². The van der Waals surface area contributed by atoms with E-state index < -0.39 is 5.92 Å². The summed E-state index contributed by atoms with van der Waals surface area (Å²) in [6.07, 6.45) is 3.23. The molecule has 2 aromatic heterocycles. The van der Waals surface area contributed by atoms with Gasteiger partial charge in [0, 0.05) is 22.8 Å². The Labute approximate surface area is 131 Å². The van der Waals surface area contributed by atoms with Crippen LogP contribution in [0.1, 0.15) is 16.4 Å². The van der Waals surface area contributed by atoms with Crippen LogP contribution in [0, 0.1) is 22.7 Å². The first-order valence-corrected chi connectivity index (χ1v) is 7.30. The topological polar surface area (TPSA) is 95.7 Å². The average molecular weight is 306 g/mol. The van der Waals surface area contributed by atoms with Crippen molar-refractivity contribution in [1.29, 1.82) is 10.5 Å². The van der Waals surface area contributed by atoms with Gasteiger partial charge in [-0.2, -0.15) is 10.5 Å². The van der Waals surface area contributed by atoms with Crippen LogP contribution in [0.2, 0.25) is 0 Å². The lowest BCUT2D eigenvalue weighted by molar-refractivity contribution is 0.357. The SMILES string of the molecule is N#CC1=C(N)OC(c2cccnc2)=C(C#N)C1c1cccs1. The Morgan fingerprint density at radius 2 is 2.00 bits per heavy atom. The Morgan fingerprint density at radius 1 is 1.18 bits per heavy atom. The van der Waals surface area contributed by atoms with E-state index in [-0.39, 0.29) is 11.5 Å². The Balaban J connectivity index is 2.23. The molecule has 5 nitrogen and oxygen atoms in total. The molecule has 1 aliphatic rings. The largest absolute Gasteiger partial charge is 0.439 e. The minimum absolute atomic E-state index is 0.0266. The van der Waals surface area contributed by atoms with E-state index in [2.05, 4.69) is 17.1 Å². The molecule has 0 aliphatic carbocycles. The fourth-order valence-electron chi connectivity index (χ4n) is 2.32. The molecular formula is C16H10N4OS. The van der Waals surface area contributed by atoms with Gasteiger partial charge < -0.3 is 10.5 Å². The van der Waals surface area contributed by atoms with E-state index in [1.807, 2.05) is 17.5 Å². The van der Waals surface area contributed by atoms with Gasteiger partial charge in [-0.1, -0.05) is 6.07 Å². The fourth-order valence-corrected chi connectivity index (χ4v) is 3.17. The third-order valence-corrected chi connectivity index (χ3v) is 4.23. The number of nitrogens with zero attached hydrogens (tertiary/aromatic N) is 3. The van der Waals surface area contributed by atoms with Crippen molar-refractivity contribution in [3.05, 3.63) is 69.5 Å². The summed E-state index contributed by atoms with van der Waals surface area (Å²) in [6, 6.07) is 11.5. The van der Waals surface area contributed by atoms with Gasteiger partial charge in [0.25, 0.3) is 0 Å². The number of ether oxygens (including phenoxy) is 1. The zero-order valence-corrected chi connectivity index (χ0v) is 12.2. The molecule has 22 heavy (non-hydrogen) atoms. The Morgan fingerprint density at radius 3 is 2.59 bits per heavy atom. The van der Waals surface area contributed by atoms with E-state index in [1.54, 1.807) is 24.5 Å². The molecule has 0 radical (unpaired) electrons. The summed E-state index contributed by atoms with van der Waals surface area (Å²) in [5.41, 5.74) is 7.18. The van der Waals surface area contributed by atoms with Crippen LogP contribution in [-0.4, -0.2) is 4.98 Å². The first kappa shape index (κ1) is 13.9. The zero-order chi connectivity index (χ0) is 15.5. The number of thiophene rings is 1. The Kier molecular flexibility index (Phi) is 3.61. The van der Waals surface area contributed by atoms with Crippen LogP contribution >= 0.6 is 11.3 Å². The van der Waals surface area contributed by atoms with Gasteiger partial charge in [0.2, 0.25) is 5.88 Å². The lowest BCUT2D eigenvalue weighted by Crippen LogP contribution is -2.19. The highest BCUT2D eigenvalue weighted by atomic mass is 32.1. The number of pyridine rings is 1. The van der Waals surface area contributed by atoms with Crippen LogP contribution < -0.4 is 5.73 Å². The maximum Gasteiger partial charge on any atom is 0.205 e. The molecular weight excluding hydrogens is 296 g/mol. The predicted molar refractivity (Wildman–Crippen MR) is 81.7 cm³/mol. The molecule has 2 aromatic rings. The normalized spacial score (nSPS) is 17.6. The van der Waals surface area contributed by atoms with Crippen molar-refractivity contribution in [2.45, 2.75) is 5.92 Å². The summed E-state index contributed by atoms with van der Waals surface area (Å²) in [4.78, 5) is 4.91. The molecule has 3 heterocycles. The van der Waals surface area contributed by atoms with Gasteiger partial charge in [0.15, 0.2) is 5.76 Å². The van der Waals surface area contributed by atoms with Crippen molar-refractivity contribution in [3.8, 4) is 12.1 Å². The minimum Gasteiger partial charge on any atom is -0.439 e. The zero-order valence-electron chi connectivity index (χ0n) is 11.4. The molecule has 106 valence electrons. The predicted octanol–water partition coefficient (Wildman–Crippen LogP) is 2.89. The Hall–Kier alpha value is -3.09. The second-order valence-electron chi connectivity index (χ2n) is 4.54. The first-order chi connectivity index (χ1) is 10.8. The molecule has 1 unspecified atom stereocenters. The molecule has 1 aliphatic heterocycles. The van der Waals surface area contributed by atoms with E-state index >= 15 is 0 Å². The molecule has 2 N–H and O–H groups in total. The summed E-state index contributed by atoms with van der Waals surface area (Å²) in [6.45, 7) is 0. The van der Waals surface area contributed by atoms with Gasteiger partial charge in [0.05, 0.1) is 17.6 Å². The van der Waals surface area contributed by atoms with Crippen molar-refractivity contribution in [2.75, 3.05) is 0 Å². The monoisotopic (exact) mass is 306 g/mol. The summed E-state index contributed by atoms with van der Waals surface area (Å²) in [7, 11) is 0. The number of nitrogens with two attached hydrogens (primary N) is 1. The quantitative estimate of drug-likeness (QED) is 0.920. The van der Waals surface area contributed by atoms with Crippen LogP contribution in [0.25, 0.3) is 5.76 Å². The van der Waals surface area contributed by atoms with Crippen LogP contribution in [0.3, 0.4) is 0 Å². The van der Waals surface area contributed by atoms with E-state index in [0.717, 1.165) is 4.88 Å². The van der Waals surface area contributed by atoms with Crippen LogP contribution in [0.5, 0.6) is 0 Å². The smallest absolute Gasteiger partial charge is 0.205 e. The summed E-state index contributed by atoms with van der Waals surface area (Å²) in [5.74, 6) is -0.122. The number of nitriles is 2. The third kappa shape index (κ3) is 2.22. The van der Waals surface area contributed by atoms with Crippen molar-refractivity contribution in [2.24, 2.45) is 5.73 Å². The Bertz CT molecular complexity index is 839. The van der Waals surface area contributed by atoms with Crippen LogP contribution in [0.4, 0.5) is 0 Å². The molecule has 3 rings (SSSR count). The lowest BCUT2D eigenvalue weighted by Gasteiger charge is -2.24. The molecule has 0 aromatic carbocycles. The molecule has 1 atom stereocenters. The average Bonchev–Trinajstić information content (AvgIpc) is 3.08. The second-order valence-corrected chi connectivity index (χ2v) is 5.52. The number of hydrogen-bond acceptors (Lipinski definition) is 6. The van der Waals surface area contributed by atoms with Crippen LogP contribution in [-0.2, 0) is 4.74 Å². The highest BCUT2D eigenvalue weighted by molar-refractivity contribution is 7.10. The van der Waals surface area contributed by atoms with Gasteiger partial charge in [-0.25, -0.2) is 0 Å². The maximum absolute atomic E-state index is 9.62. The minimum atomic E-state index is -0.501. The van der Waals surface area contributed by atoms with E-state index in [4.69, 9.17) is 10.5 Å². The number of rotatable bonds is 2. The third-order valence-electron chi connectivity index (χ3n) is 3.29. The summed E-state index contributed by atoms with van der Waals surface area (Å²) >= 11 is 1.47. The van der Waals surface area contributed by atoms with Gasteiger partial charge in [-0.3, -0.25) is 4.98 Å². The van der Waals surface area contributed by atoms with E-state index in [0.29, 0.717) is 16.9 Å². The fraction of sp³-hybridized carbons (Fsp3) is 0.0625. The highest BCUT2D eigenvalue weighted by Crippen LogP contribution is 2.42. The summed E-state index contributed by atoms with van der Waals surface area (Å²) in [5, 5.41) is 20.9. The second kappa shape index (κ2) is 5.72. The molecule has 6 heteroatoms. The number of aromatic nitrogens is 1. The summed E-state index contributed by atoms with van der Waals surface area (Å²) < 4.78 is 5.56. The van der Waals surface area contributed by atoms with Crippen molar-refractivity contribution in [3.63, 3.8) is 0 Å². The van der Waals surface area contributed by atoms with Gasteiger partial charge >= 0.3 is 0 Å². The molecule has 0 bridgehead atoms. The van der Waals surface area contributed by atoms with Crippen molar-refractivity contribution in [1.82, 2.24) is 4.98 Å². The maximum atomic E-state index is 9.62. The van der Waals surface area contributed by atoms with Gasteiger partial charge in [-0.05, 0) is 23.6 Å². The molecule has 0 saturated carbocycles. The standard InChI is InChI=1S/C16H10N4OS/c17-7-11-14(13-4-2-6-22-13)12(8-18)16(19)21-15(11)10-3-1-5-20-9-10/h1-6,9,14H,19H2. The molecule has 0 amide bonds. The van der Waals surface area contributed by atoms with E-state index in [9.17, 15) is 10.5 Å². The molecule has 0 saturated heterocycles. The lowest BCUT2D eigenvalue weighted by atomic mass is 9.87. The molecule has 0 spiro atoms. The molecule has 0 fully saturated rings. The first-order valence-electron chi connectivity index (χ1n) is 6.42. The van der Waals surface area contributed by atoms with E-state index in [1.165, 1.54) is 11.3 Å². The number of allylic oxidation sites excluding steroid dienone is 2. The van der Waals surface area contributed by atoms with Gasteiger partial charge in [-0.15, -0.1) is 11.3 Å². The van der Waals surface area contributed by atoms with Crippen LogP contribution in [0.15, 0.2) is 59.1 Å². The number of hydrogen-bond donors (Lipinski definition) is 1. The highest BCUT2D eigenvalue weighted by Gasteiger charge is 2.34. The van der Waals surface area contributed by atoms with Gasteiger partial charge in [0.1, 0.15) is 11.6 Å². The van der Waals surface area contributed by atoms with Crippen molar-refractivity contribution >= 4 is 17.1 Å².